The molecule has 3 atom stereocenters. The minimum absolute atomic E-state index is 0.0573. The Morgan fingerprint density at radius 2 is 1.85 bits per heavy atom. The zero-order valence-corrected chi connectivity index (χ0v) is 22.9. The maximum Gasteiger partial charge on any atom is 0.264 e. The van der Waals surface area contributed by atoms with Crippen LogP contribution >= 0.6 is 0 Å². The molecule has 206 valence electrons. The van der Waals surface area contributed by atoms with Crippen LogP contribution in [0.4, 0.5) is 11.6 Å². The molecule has 1 saturated heterocycles. The van der Waals surface area contributed by atoms with Crippen molar-refractivity contribution in [1.29, 1.82) is 5.26 Å². The van der Waals surface area contributed by atoms with Crippen molar-refractivity contribution in [3.8, 4) is 17.3 Å². The highest BCUT2D eigenvalue weighted by Crippen LogP contribution is 2.47. The maximum atomic E-state index is 13.4. The Labute approximate surface area is 237 Å². The zero-order chi connectivity index (χ0) is 28.7. The third-order valence-electron chi connectivity index (χ3n) is 7.85. The predicted molar refractivity (Wildman–Crippen MR) is 155 cm³/mol. The number of nitriles is 1. The number of rotatable bonds is 6. The van der Waals surface area contributed by atoms with E-state index < -0.39 is 0 Å². The van der Waals surface area contributed by atoms with E-state index in [1.807, 2.05) is 47.7 Å². The molecule has 2 amide bonds. The quantitative estimate of drug-likeness (QED) is 0.266. The summed E-state index contributed by atoms with van der Waals surface area (Å²) in [5.74, 6) is 0.808. The van der Waals surface area contributed by atoms with Crippen molar-refractivity contribution in [2.24, 2.45) is 11.8 Å². The average Bonchev–Trinajstić information content (AvgIpc) is 3.69. The molecule has 1 aromatic carbocycles. The molecular formula is C31H30N8O2. The van der Waals surface area contributed by atoms with Gasteiger partial charge in [0.05, 0.1) is 23.0 Å². The van der Waals surface area contributed by atoms with Gasteiger partial charge in [-0.25, -0.2) is 9.97 Å². The molecule has 0 radical (unpaired) electrons. The maximum absolute atomic E-state index is 13.4. The molecule has 1 aliphatic heterocycles. The molecule has 41 heavy (non-hydrogen) atoms. The summed E-state index contributed by atoms with van der Waals surface area (Å²) in [6.07, 6.45) is 6.77. The average molecular weight is 547 g/mol. The molecular weight excluding hydrogens is 516 g/mol. The molecule has 2 bridgehead atoms. The van der Waals surface area contributed by atoms with Gasteiger partial charge in [-0.3, -0.25) is 14.3 Å². The number of aromatic nitrogens is 4. The summed E-state index contributed by atoms with van der Waals surface area (Å²) in [7, 11) is 0. The Bertz CT molecular complexity index is 1700. The molecule has 1 unspecified atom stereocenters. The van der Waals surface area contributed by atoms with Gasteiger partial charge in [0, 0.05) is 30.1 Å². The van der Waals surface area contributed by atoms with Gasteiger partial charge in [-0.15, -0.1) is 0 Å². The summed E-state index contributed by atoms with van der Waals surface area (Å²) >= 11 is 0. The van der Waals surface area contributed by atoms with Crippen LogP contribution in [0.3, 0.4) is 0 Å². The zero-order valence-electron chi connectivity index (χ0n) is 22.9. The van der Waals surface area contributed by atoms with Crippen molar-refractivity contribution in [3.63, 3.8) is 0 Å². The third-order valence-corrected chi connectivity index (χ3v) is 7.85. The molecule has 10 nitrogen and oxygen atoms in total. The van der Waals surface area contributed by atoms with Crippen molar-refractivity contribution in [1.82, 2.24) is 24.6 Å². The molecule has 1 saturated carbocycles. The second-order valence-electron chi connectivity index (χ2n) is 11.0. The van der Waals surface area contributed by atoms with Crippen LogP contribution in [0.15, 0.2) is 72.6 Å². The summed E-state index contributed by atoms with van der Waals surface area (Å²) in [5.41, 5.74) is 9.36. The highest BCUT2D eigenvalue weighted by atomic mass is 16.2. The fourth-order valence-electron chi connectivity index (χ4n) is 6.10. The van der Waals surface area contributed by atoms with Crippen molar-refractivity contribution in [2.75, 3.05) is 17.6 Å². The van der Waals surface area contributed by atoms with Gasteiger partial charge >= 0.3 is 0 Å². The largest absolute Gasteiger partial charge is 0.383 e. The van der Waals surface area contributed by atoms with E-state index in [4.69, 9.17) is 10.8 Å². The van der Waals surface area contributed by atoms with Gasteiger partial charge in [0.2, 0.25) is 0 Å². The summed E-state index contributed by atoms with van der Waals surface area (Å²) < 4.78 is 1.98. The lowest BCUT2D eigenvalue weighted by atomic mass is 10.0. The number of benzene rings is 1. The van der Waals surface area contributed by atoms with Crippen molar-refractivity contribution in [3.05, 3.63) is 78.1 Å². The summed E-state index contributed by atoms with van der Waals surface area (Å²) in [4.78, 5) is 36.4. The van der Waals surface area contributed by atoms with E-state index in [1.165, 1.54) is 0 Å². The van der Waals surface area contributed by atoms with Crippen LogP contribution in [-0.4, -0.2) is 49.0 Å². The highest BCUT2D eigenvalue weighted by molar-refractivity contribution is 6.05. The van der Waals surface area contributed by atoms with Crippen LogP contribution in [-0.2, 0) is 4.79 Å². The first-order valence-electron chi connectivity index (χ1n) is 13.7. The second-order valence-corrected chi connectivity index (χ2v) is 11.0. The first kappa shape index (κ1) is 26.2. The topological polar surface area (TPSA) is 143 Å². The molecule has 3 aromatic heterocycles. The van der Waals surface area contributed by atoms with E-state index in [0.717, 1.165) is 29.3 Å². The first-order chi connectivity index (χ1) is 19.8. The lowest BCUT2D eigenvalue weighted by Gasteiger charge is -2.33. The molecule has 1 aliphatic carbocycles. The number of likely N-dealkylation sites (tertiary alicyclic amines) is 1. The Kier molecular flexibility index (Phi) is 6.71. The van der Waals surface area contributed by atoms with Gasteiger partial charge in [-0.05, 0) is 55.0 Å². The van der Waals surface area contributed by atoms with Gasteiger partial charge in [-0.2, -0.15) is 10.4 Å². The predicted octanol–water partition coefficient (Wildman–Crippen LogP) is 4.60. The van der Waals surface area contributed by atoms with Gasteiger partial charge in [-0.1, -0.05) is 38.1 Å². The lowest BCUT2D eigenvalue weighted by Crippen LogP contribution is -2.43. The number of nitrogens with one attached hydrogen (secondary N) is 1. The van der Waals surface area contributed by atoms with Crippen molar-refractivity contribution in [2.45, 2.75) is 38.8 Å². The van der Waals surface area contributed by atoms with E-state index in [9.17, 15) is 14.9 Å². The molecule has 6 rings (SSSR count). The number of carbonyl (C=O) groups is 2. The molecule has 0 spiro atoms. The van der Waals surface area contributed by atoms with Gasteiger partial charge < -0.3 is 16.0 Å². The molecule has 2 fully saturated rings. The Balaban J connectivity index is 1.32. The molecule has 2 aliphatic rings. The third kappa shape index (κ3) is 4.80. The fraction of sp³-hybridized carbons (Fsp3) is 0.290. The van der Waals surface area contributed by atoms with Gasteiger partial charge in [0.15, 0.2) is 0 Å². The molecule has 3 N–H and O–H groups in total. The number of allylic oxidation sites excluding steroid dienone is 1. The van der Waals surface area contributed by atoms with E-state index in [1.54, 1.807) is 42.7 Å². The fourth-order valence-corrected chi connectivity index (χ4v) is 6.10. The SMILES string of the molecule is CC(C)C=C(C#N)C(=O)N1C[C@H]2CC(n3nc(-c4ccc(C(=O)Nc5ccccn5)cc4)c4c(N)nccc43)[C@H]1C2. The number of hydrogen-bond acceptors (Lipinski definition) is 7. The summed E-state index contributed by atoms with van der Waals surface area (Å²) in [6, 6.07) is 16.4. The second kappa shape index (κ2) is 10.5. The summed E-state index contributed by atoms with van der Waals surface area (Å²) in [6.45, 7) is 4.56. The number of nitrogens with two attached hydrogens (primary N) is 1. The van der Waals surface area contributed by atoms with Gasteiger partial charge in [0.25, 0.3) is 11.8 Å². The number of pyridine rings is 2. The van der Waals surface area contributed by atoms with Gasteiger partial charge in [0.1, 0.15) is 29.0 Å². The van der Waals surface area contributed by atoms with Crippen molar-refractivity contribution < 1.29 is 9.59 Å². The number of hydrogen-bond donors (Lipinski definition) is 2. The molecule has 4 aromatic rings. The van der Waals surface area contributed by atoms with Crippen LogP contribution in [0.2, 0.25) is 0 Å². The highest BCUT2D eigenvalue weighted by Gasteiger charge is 2.49. The summed E-state index contributed by atoms with van der Waals surface area (Å²) in [5, 5.41) is 18.2. The molecule has 4 heterocycles. The Morgan fingerprint density at radius 1 is 1.07 bits per heavy atom. The van der Waals surface area contributed by atoms with Crippen LogP contribution in [0.1, 0.15) is 43.1 Å². The van der Waals surface area contributed by atoms with E-state index >= 15 is 0 Å². The normalized spacial score (nSPS) is 20.0. The van der Waals surface area contributed by atoms with Crippen molar-refractivity contribution >= 4 is 34.4 Å². The van der Waals surface area contributed by atoms with E-state index in [2.05, 4.69) is 21.4 Å². The standard InChI is InChI=1S/C31H30N8O2/c1-18(2)13-22(16-32)31(41)38-17-19-14-24(38)25(15-19)39-23-10-12-35-29(33)27(23)28(37-39)20-6-8-21(9-7-20)30(40)36-26-5-3-4-11-34-26/h3-13,18-19,24-25H,14-15,17H2,1-2H3,(H2,33,35)(H,34,36,40)/t19-,24-,25?/m1/s1. The minimum atomic E-state index is -0.262. The Morgan fingerprint density at radius 3 is 2.54 bits per heavy atom. The van der Waals surface area contributed by atoms with E-state index in [-0.39, 0.29) is 35.4 Å². The van der Waals surface area contributed by atoms with E-state index in [0.29, 0.717) is 35.4 Å². The number of fused-ring (bicyclic) bond motifs is 3. The number of piperidine rings is 1. The smallest absolute Gasteiger partial charge is 0.264 e. The lowest BCUT2D eigenvalue weighted by molar-refractivity contribution is -0.129. The minimum Gasteiger partial charge on any atom is -0.383 e. The molecule has 10 heteroatoms. The monoisotopic (exact) mass is 546 g/mol. The number of carbonyl (C=O) groups excluding carboxylic acids is 2. The van der Waals surface area contributed by atoms with Crippen LogP contribution in [0.5, 0.6) is 0 Å². The first-order valence-corrected chi connectivity index (χ1v) is 13.7. The van der Waals surface area contributed by atoms with Crippen LogP contribution < -0.4 is 11.1 Å². The van der Waals surface area contributed by atoms with Crippen LogP contribution in [0, 0.1) is 23.2 Å². The Hall–Kier alpha value is -5.04. The number of amides is 2. The van der Waals surface area contributed by atoms with Crippen LogP contribution in [0.25, 0.3) is 22.2 Å². The number of nitrogen functional groups attached to an aromatic ring is 1. The number of nitrogens with zero attached hydrogens (tertiary/aromatic N) is 6. The number of anilines is 2.